The number of benzene rings is 2. The molecule has 0 aliphatic rings. The molecule has 1 N–H and O–H groups in total. The molecule has 0 saturated carbocycles. The van der Waals surface area contributed by atoms with E-state index in [4.69, 9.17) is 9.47 Å². The number of rotatable bonds is 7. The van der Waals surface area contributed by atoms with E-state index in [2.05, 4.69) is 4.72 Å². The van der Waals surface area contributed by atoms with Crippen LogP contribution in [0.5, 0.6) is 5.75 Å². The van der Waals surface area contributed by atoms with Crippen LogP contribution in [0.25, 0.3) is 0 Å². The molecule has 0 fully saturated rings. The lowest BCUT2D eigenvalue weighted by Crippen LogP contribution is -2.14. The van der Waals surface area contributed by atoms with Gasteiger partial charge in [-0.1, -0.05) is 18.2 Å². The molecule has 22 heavy (non-hydrogen) atoms. The molecule has 0 radical (unpaired) electrons. The van der Waals surface area contributed by atoms with Crippen molar-refractivity contribution < 1.29 is 17.9 Å². The van der Waals surface area contributed by atoms with E-state index in [1.807, 2.05) is 19.1 Å². The first-order chi connectivity index (χ1) is 10.6. The highest BCUT2D eigenvalue weighted by atomic mass is 32.2. The van der Waals surface area contributed by atoms with Crippen molar-refractivity contribution in [3.05, 3.63) is 54.1 Å². The minimum atomic E-state index is -3.65. The summed E-state index contributed by atoms with van der Waals surface area (Å²) in [4.78, 5) is 0.180. The summed E-state index contributed by atoms with van der Waals surface area (Å²) in [5.74, 6) is 0.607. The Bertz CT molecular complexity index is 711. The Morgan fingerprint density at radius 3 is 2.36 bits per heavy atom. The summed E-state index contributed by atoms with van der Waals surface area (Å²) in [5, 5.41) is 0. The number of methoxy groups -OCH3 is 1. The van der Waals surface area contributed by atoms with Gasteiger partial charge in [-0.15, -0.1) is 0 Å². The molecule has 0 unspecified atom stereocenters. The van der Waals surface area contributed by atoms with Crippen LogP contribution in [0.4, 0.5) is 5.69 Å². The van der Waals surface area contributed by atoms with Crippen LogP contribution in [0, 0.1) is 0 Å². The average molecular weight is 321 g/mol. The van der Waals surface area contributed by atoms with Crippen molar-refractivity contribution >= 4 is 15.7 Å². The summed E-state index contributed by atoms with van der Waals surface area (Å²) in [6.07, 6.45) is 0. The number of hydrogen-bond donors (Lipinski definition) is 1. The molecule has 0 amide bonds. The van der Waals surface area contributed by atoms with Gasteiger partial charge in [0.25, 0.3) is 10.0 Å². The number of anilines is 1. The van der Waals surface area contributed by atoms with Crippen LogP contribution in [0.3, 0.4) is 0 Å². The summed E-state index contributed by atoms with van der Waals surface area (Å²) < 4.78 is 37.9. The largest absolute Gasteiger partial charge is 0.497 e. The molecule has 2 aromatic carbocycles. The lowest BCUT2D eigenvalue weighted by Gasteiger charge is -2.13. The van der Waals surface area contributed by atoms with Crippen molar-refractivity contribution in [3.63, 3.8) is 0 Å². The molecule has 118 valence electrons. The van der Waals surface area contributed by atoms with Crippen molar-refractivity contribution in [2.45, 2.75) is 18.4 Å². The number of nitrogens with one attached hydrogen (secondary N) is 1. The summed E-state index contributed by atoms with van der Waals surface area (Å²) in [6, 6.07) is 13.4. The van der Waals surface area contributed by atoms with E-state index in [1.54, 1.807) is 24.3 Å². The van der Waals surface area contributed by atoms with E-state index < -0.39 is 10.0 Å². The average Bonchev–Trinajstić information content (AvgIpc) is 2.54. The molecular formula is C16H19NO4S. The normalized spacial score (nSPS) is 11.2. The molecule has 0 aliphatic carbocycles. The van der Waals surface area contributed by atoms with Gasteiger partial charge in [0.1, 0.15) is 5.75 Å². The van der Waals surface area contributed by atoms with Crippen LogP contribution in [0.15, 0.2) is 53.4 Å². The van der Waals surface area contributed by atoms with E-state index in [0.29, 0.717) is 24.7 Å². The Balaban J connectivity index is 2.24. The number of hydrogen-bond acceptors (Lipinski definition) is 4. The van der Waals surface area contributed by atoms with Crippen molar-refractivity contribution in [1.82, 2.24) is 0 Å². The minimum Gasteiger partial charge on any atom is -0.497 e. The molecule has 0 aromatic heterocycles. The van der Waals surface area contributed by atoms with Gasteiger partial charge in [-0.3, -0.25) is 4.72 Å². The number of sulfonamides is 1. The molecule has 6 heteroatoms. The Kier molecular flexibility index (Phi) is 5.41. The van der Waals surface area contributed by atoms with Gasteiger partial charge >= 0.3 is 0 Å². The number of ether oxygens (including phenoxy) is 2. The Morgan fingerprint density at radius 2 is 1.73 bits per heavy atom. The quantitative estimate of drug-likeness (QED) is 0.851. The summed E-state index contributed by atoms with van der Waals surface area (Å²) in [6.45, 7) is 2.82. The molecule has 2 aromatic rings. The van der Waals surface area contributed by atoms with Crippen molar-refractivity contribution in [2.75, 3.05) is 18.4 Å². The lowest BCUT2D eigenvalue weighted by molar-refractivity contribution is 0.134. The van der Waals surface area contributed by atoms with Crippen LogP contribution < -0.4 is 9.46 Å². The van der Waals surface area contributed by atoms with Gasteiger partial charge in [-0.05, 0) is 37.3 Å². The zero-order valence-electron chi connectivity index (χ0n) is 12.6. The molecule has 0 spiro atoms. The molecule has 0 heterocycles. The third kappa shape index (κ3) is 3.99. The highest BCUT2D eigenvalue weighted by Crippen LogP contribution is 2.22. The first-order valence-electron chi connectivity index (χ1n) is 6.89. The van der Waals surface area contributed by atoms with Gasteiger partial charge in [-0.25, -0.2) is 8.42 Å². The third-order valence-corrected chi connectivity index (χ3v) is 4.47. The van der Waals surface area contributed by atoms with Gasteiger partial charge in [-0.2, -0.15) is 0 Å². The van der Waals surface area contributed by atoms with Gasteiger partial charge in [0.15, 0.2) is 0 Å². The lowest BCUT2D eigenvalue weighted by atomic mass is 10.2. The summed E-state index contributed by atoms with van der Waals surface area (Å²) >= 11 is 0. The first-order valence-corrected chi connectivity index (χ1v) is 8.37. The molecule has 0 aliphatic heterocycles. The minimum absolute atomic E-state index is 0.180. The predicted molar refractivity (Wildman–Crippen MR) is 85.6 cm³/mol. The maximum Gasteiger partial charge on any atom is 0.261 e. The molecular weight excluding hydrogens is 302 g/mol. The fourth-order valence-electron chi connectivity index (χ4n) is 1.92. The topological polar surface area (TPSA) is 64.6 Å². The highest BCUT2D eigenvalue weighted by Gasteiger charge is 2.15. The van der Waals surface area contributed by atoms with Gasteiger partial charge in [0.2, 0.25) is 0 Å². The monoisotopic (exact) mass is 321 g/mol. The van der Waals surface area contributed by atoms with E-state index in [0.717, 1.165) is 5.56 Å². The van der Waals surface area contributed by atoms with Crippen molar-refractivity contribution in [1.29, 1.82) is 0 Å². The van der Waals surface area contributed by atoms with Gasteiger partial charge in [0, 0.05) is 12.2 Å². The Labute approximate surface area is 130 Å². The molecule has 5 nitrogen and oxygen atoms in total. The Morgan fingerprint density at radius 1 is 1.05 bits per heavy atom. The second-order valence-electron chi connectivity index (χ2n) is 4.58. The van der Waals surface area contributed by atoms with Crippen LogP contribution >= 0.6 is 0 Å². The van der Waals surface area contributed by atoms with E-state index in [-0.39, 0.29) is 4.90 Å². The van der Waals surface area contributed by atoms with Crippen LogP contribution in [0.1, 0.15) is 12.5 Å². The maximum absolute atomic E-state index is 12.4. The van der Waals surface area contributed by atoms with Crippen LogP contribution in [-0.2, 0) is 21.4 Å². The smallest absolute Gasteiger partial charge is 0.261 e. The zero-order valence-corrected chi connectivity index (χ0v) is 13.4. The predicted octanol–water partition coefficient (Wildman–Crippen LogP) is 3.03. The van der Waals surface area contributed by atoms with E-state index >= 15 is 0 Å². The number of para-hydroxylation sites is 1. The molecule has 0 bridgehead atoms. The van der Waals surface area contributed by atoms with Gasteiger partial charge in [0.05, 0.1) is 24.3 Å². The summed E-state index contributed by atoms with van der Waals surface area (Å²) in [5.41, 5.74) is 1.31. The van der Waals surface area contributed by atoms with E-state index in [1.165, 1.54) is 19.2 Å². The Hall–Kier alpha value is -2.05. The summed E-state index contributed by atoms with van der Waals surface area (Å²) in [7, 11) is -2.11. The van der Waals surface area contributed by atoms with Gasteiger partial charge < -0.3 is 9.47 Å². The molecule has 2 rings (SSSR count). The fourth-order valence-corrected chi connectivity index (χ4v) is 3.02. The van der Waals surface area contributed by atoms with Crippen molar-refractivity contribution in [3.8, 4) is 5.75 Å². The zero-order chi connectivity index (χ0) is 16.0. The molecule has 0 saturated heterocycles. The van der Waals surface area contributed by atoms with E-state index in [9.17, 15) is 8.42 Å². The molecule has 0 atom stereocenters. The van der Waals surface area contributed by atoms with Crippen LogP contribution in [0.2, 0.25) is 0 Å². The maximum atomic E-state index is 12.4. The third-order valence-electron chi connectivity index (χ3n) is 3.09. The highest BCUT2D eigenvalue weighted by molar-refractivity contribution is 7.92. The first kappa shape index (κ1) is 16.3. The standard InChI is InChI=1S/C16H19NO4S/c1-3-21-12-13-6-4-5-7-16(13)17-22(18,19)15-10-8-14(20-2)9-11-15/h4-11,17H,3,12H2,1-2H3. The fraction of sp³-hybridized carbons (Fsp3) is 0.250. The van der Waals surface area contributed by atoms with Crippen molar-refractivity contribution in [2.24, 2.45) is 0 Å². The second kappa shape index (κ2) is 7.29. The SMILES string of the molecule is CCOCc1ccccc1NS(=O)(=O)c1ccc(OC)cc1. The second-order valence-corrected chi connectivity index (χ2v) is 6.26. The van der Waals surface area contributed by atoms with Crippen LogP contribution in [-0.4, -0.2) is 22.1 Å².